The van der Waals surface area contributed by atoms with Crippen molar-refractivity contribution in [3.63, 3.8) is 0 Å². The molecule has 1 aliphatic rings. The Morgan fingerprint density at radius 2 is 2.12 bits per heavy atom. The lowest BCUT2D eigenvalue weighted by Crippen LogP contribution is -2.46. The molecular weight excluding hydrogens is 200 g/mol. The van der Waals surface area contributed by atoms with E-state index >= 15 is 0 Å². The van der Waals surface area contributed by atoms with Gasteiger partial charge in [-0.1, -0.05) is 20.8 Å². The molecule has 3 heteroatoms. The molecule has 1 rings (SSSR count). The summed E-state index contributed by atoms with van der Waals surface area (Å²) in [7, 11) is 0. The number of hydrogen-bond acceptors (Lipinski definition) is 3. The van der Waals surface area contributed by atoms with Crippen molar-refractivity contribution < 1.29 is 4.74 Å². The molecule has 2 N–H and O–H groups in total. The number of rotatable bonds is 6. The fraction of sp³-hybridized carbons (Fsp3) is 1.00. The molecular formula is C13H28N2O. The van der Waals surface area contributed by atoms with Crippen molar-refractivity contribution in [2.75, 3.05) is 32.8 Å². The van der Waals surface area contributed by atoms with Crippen LogP contribution < -0.4 is 5.73 Å². The molecule has 3 nitrogen and oxygen atoms in total. The molecule has 16 heavy (non-hydrogen) atoms. The normalized spacial score (nSPS) is 27.6. The second-order valence-corrected chi connectivity index (χ2v) is 5.53. The van der Waals surface area contributed by atoms with Crippen LogP contribution in [0.5, 0.6) is 0 Å². The number of likely N-dealkylation sites (tertiary alicyclic amines) is 1. The highest BCUT2D eigenvalue weighted by molar-refractivity contribution is 4.79. The van der Waals surface area contributed by atoms with Gasteiger partial charge < -0.3 is 15.4 Å². The van der Waals surface area contributed by atoms with Gasteiger partial charge in [-0.25, -0.2) is 0 Å². The first kappa shape index (κ1) is 13.9. The van der Waals surface area contributed by atoms with Gasteiger partial charge in [0, 0.05) is 25.7 Å². The number of hydrogen-bond donors (Lipinski definition) is 1. The van der Waals surface area contributed by atoms with E-state index in [9.17, 15) is 0 Å². The van der Waals surface area contributed by atoms with Gasteiger partial charge in [0.2, 0.25) is 0 Å². The average molecular weight is 228 g/mol. The molecule has 2 atom stereocenters. The second-order valence-electron chi connectivity index (χ2n) is 5.53. The predicted octanol–water partition coefficient (Wildman–Crippen LogP) is 1.72. The van der Waals surface area contributed by atoms with E-state index in [1.165, 1.54) is 6.42 Å². The van der Waals surface area contributed by atoms with E-state index < -0.39 is 0 Å². The quantitative estimate of drug-likeness (QED) is 0.704. The SMILES string of the molecule is CC(C)CCOCCN1CCC(N)C(C)C1. The van der Waals surface area contributed by atoms with Crippen molar-refractivity contribution in [3.05, 3.63) is 0 Å². The third kappa shape index (κ3) is 5.28. The Labute approximate surface area is 100 Å². The molecule has 1 aliphatic heterocycles. The topological polar surface area (TPSA) is 38.5 Å². The first-order valence-corrected chi connectivity index (χ1v) is 6.65. The summed E-state index contributed by atoms with van der Waals surface area (Å²) in [6, 6.07) is 0.401. The van der Waals surface area contributed by atoms with Gasteiger partial charge in [-0.15, -0.1) is 0 Å². The molecule has 1 saturated heterocycles. The zero-order valence-electron chi connectivity index (χ0n) is 11.1. The van der Waals surface area contributed by atoms with E-state index in [1.54, 1.807) is 0 Å². The molecule has 0 aliphatic carbocycles. The van der Waals surface area contributed by atoms with Gasteiger partial charge >= 0.3 is 0 Å². The van der Waals surface area contributed by atoms with Crippen LogP contribution in [0.1, 0.15) is 33.6 Å². The average Bonchev–Trinajstić information content (AvgIpc) is 2.22. The summed E-state index contributed by atoms with van der Waals surface area (Å²) in [5.41, 5.74) is 5.99. The summed E-state index contributed by atoms with van der Waals surface area (Å²) < 4.78 is 5.64. The van der Waals surface area contributed by atoms with Crippen LogP contribution >= 0.6 is 0 Å². The number of nitrogens with two attached hydrogens (primary N) is 1. The highest BCUT2D eigenvalue weighted by atomic mass is 16.5. The maximum Gasteiger partial charge on any atom is 0.0593 e. The summed E-state index contributed by atoms with van der Waals surface area (Å²) in [6.07, 6.45) is 2.30. The van der Waals surface area contributed by atoms with E-state index in [-0.39, 0.29) is 0 Å². The molecule has 0 spiro atoms. The van der Waals surface area contributed by atoms with E-state index in [0.29, 0.717) is 12.0 Å². The Bertz CT molecular complexity index is 185. The van der Waals surface area contributed by atoms with Crippen molar-refractivity contribution in [3.8, 4) is 0 Å². The summed E-state index contributed by atoms with van der Waals surface area (Å²) in [5, 5.41) is 0. The predicted molar refractivity (Wildman–Crippen MR) is 68.5 cm³/mol. The van der Waals surface area contributed by atoms with Crippen LogP contribution in [0.25, 0.3) is 0 Å². The highest BCUT2D eigenvalue weighted by Crippen LogP contribution is 2.14. The Morgan fingerprint density at radius 1 is 1.38 bits per heavy atom. The molecule has 2 unspecified atom stereocenters. The number of ether oxygens (including phenoxy) is 1. The van der Waals surface area contributed by atoms with Crippen molar-refractivity contribution in [1.29, 1.82) is 0 Å². The summed E-state index contributed by atoms with van der Waals surface area (Å²) in [6.45, 7) is 11.8. The Balaban J connectivity index is 2.01. The lowest BCUT2D eigenvalue weighted by atomic mass is 9.95. The van der Waals surface area contributed by atoms with Gasteiger partial charge in [-0.3, -0.25) is 0 Å². The smallest absolute Gasteiger partial charge is 0.0593 e. The molecule has 0 aromatic carbocycles. The number of nitrogens with zero attached hydrogens (tertiary/aromatic N) is 1. The van der Waals surface area contributed by atoms with Gasteiger partial charge in [0.05, 0.1) is 6.61 Å². The third-order valence-electron chi connectivity index (χ3n) is 3.45. The monoisotopic (exact) mass is 228 g/mol. The van der Waals surface area contributed by atoms with Gasteiger partial charge in [-0.2, -0.15) is 0 Å². The standard InChI is InChI=1S/C13H28N2O/c1-11(2)5-8-16-9-7-15-6-4-13(14)12(3)10-15/h11-13H,4-10,14H2,1-3H3. The second kappa shape index (κ2) is 7.25. The molecule has 0 aromatic heterocycles. The van der Waals surface area contributed by atoms with Crippen molar-refractivity contribution in [2.24, 2.45) is 17.6 Å². The maximum atomic E-state index is 5.99. The van der Waals surface area contributed by atoms with Gasteiger partial charge in [0.25, 0.3) is 0 Å². The third-order valence-corrected chi connectivity index (χ3v) is 3.45. The summed E-state index contributed by atoms with van der Waals surface area (Å²) in [4.78, 5) is 2.48. The van der Waals surface area contributed by atoms with Gasteiger partial charge in [-0.05, 0) is 31.2 Å². The minimum Gasteiger partial charge on any atom is -0.380 e. The van der Waals surface area contributed by atoms with E-state index in [1.807, 2.05) is 0 Å². The minimum absolute atomic E-state index is 0.401. The molecule has 0 aromatic rings. The van der Waals surface area contributed by atoms with E-state index in [4.69, 9.17) is 10.5 Å². The van der Waals surface area contributed by atoms with E-state index in [2.05, 4.69) is 25.7 Å². The molecule has 0 bridgehead atoms. The maximum absolute atomic E-state index is 5.99. The fourth-order valence-electron chi connectivity index (χ4n) is 2.07. The summed E-state index contributed by atoms with van der Waals surface area (Å²) >= 11 is 0. The van der Waals surface area contributed by atoms with Crippen LogP contribution in [0.15, 0.2) is 0 Å². The first-order chi connectivity index (χ1) is 7.59. The lowest BCUT2D eigenvalue weighted by molar-refractivity contribution is 0.0773. The fourth-order valence-corrected chi connectivity index (χ4v) is 2.07. The molecule has 1 heterocycles. The van der Waals surface area contributed by atoms with Crippen molar-refractivity contribution in [1.82, 2.24) is 4.90 Å². The Morgan fingerprint density at radius 3 is 2.75 bits per heavy atom. The Hall–Kier alpha value is -0.120. The number of piperidine rings is 1. The van der Waals surface area contributed by atoms with Crippen LogP contribution in [-0.4, -0.2) is 43.8 Å². The van der Waals surface area contributed by atoms with Gasteiger partial charge in [0.15, 0.2) is 0 Å². The molecule has 0 amide bonds. The van der Waals surface area contributed by atoms with Crippen LogP contribution in [0.3, 0.4) is 0 Å². The largest absolute Gasteiger partial charge is 0.380 e. The molecule has 0 radical (unpaired) electrons. The first-order valence-electron chi connectivity index (χ1n) is 6.65. The van der Waals surface area contributed by atoms with E-state index in [0.717, 1.165) is 45.2 Å². The zero-order valence-corrected chi connectivity index (χ0v) is 11.1. The van der Waals surface area contributed by atoms with Gasteiger partial charge in [0.1, 0.15) is 0 Å². The van der Waals surface area contributed by atoms with Crippen LogP contribution in [-0.2, 0) is 4.74 Å². The highest BCUT2D eigenvalue weighted by Gasteiger charge is 2.22. The van der Waals surface area contributed by atoms with Crippen molar-refractivity contribution in [2.45, 2.75) is 39.7 Å². The lowest BCUT2D eigenvalue weighted by Gasteiger charge is -2.34. The Kier molecular flexibility index (Phi) is 6.32. The molecule has 96 valence electrons. The molecule has 1 fully saturated rings. The van der Waals surface area contributed by atoms with Crippen LogP contribution in [0.2, 0.25) is 0 Å². The van der Waals surface area contributed by atoms with Crippen LogP contribution in [0, 0.1) is 11.8 Å². The zero-order chi connectivity index (χ0) is 12.0. The van der Waals surface area contributed by atoms with Crippen LogP contribution in [0.4, 0.5) is 0 Å². The molecule has 0 saturated carbocycles. The van der Waals surface area contributed by atoms with Crippen molar-refractivity contribution >= 4 is 0 Å². The summed E-state index contributed by atoms with van der Waals surface area (Å²) in [5.74, 6) is 1.37. The minimum atomic E-state index is 0.401.